The van der Waals surface area contributed by atoms with E-state index in [4.69, 9.17) is 13.9 Å². The molecule has 7 heteroatoms. The van der Waals surface area contributed by atoms with Gasteiger partial charge in [0.05, 0.1) is 23.1 Å². The van der Waals surface area contributed by atoms with Crippen molar-refractivity contribution in [2.75, 3.05) is 19.8 Å². The fourth-order valence-electron chi connectivity index (χ4n) is 4.03. The number of rotatable bonds is 9. The van der Waals surface area contributed by atoms with Crippen LogP contribution in [0.2, 0.25) is 0 Å². The van der Waals surface area contributed by atoms with Crippen molar-refractivity contribution in [2.24, 2.45) is 0 Å². The van der Waals surface area contributed by atoms with Crippen molar-refractivity contribution < 1.29 is 23.1 Å². The molecule has 1 unspecified atom stereocenters. The number of benzene rings is 2. The van der Waals surface area contributed by atoms with Crippen LogP contribution in [0.25, 0.3) is 11.0 Å². The summed E-state index contributed by atoms with van der Waals surface area (Å²) in [6.45, 7) is 8.75. The molecule has 172 valence electrons. The van der Waals surface area contributed by atoms with Crippen LogP contribution >= 0.6 is 0 Å². The van der Waals surface area contributed by atoms with Crippen molar-refractivity contribution in [1.82, 2.24) is 4.90 Å². The van der Waals surface area contributed by atoms with Gasteiger partial charge in [0, 0.05) is 13.2 Å². The van der Waals surface area contributed by atoms with Gasteiger partial charge in [0.1, 0.15) is 23.8 Å². The summed E-state index contributed by atoms with van der Waals surface area (Å²) in [7, 11) is 0. The van der Waals surface area contributed by atoms with Crippen molar-refractivity contribution in [1.29, 1.82) is 0 Å². The normalized spacial score (nSPS) is 15.3. The van der Waals surface area contributed by atoms with Crippen LogP contribution in [0, 0.1) is 5.82 Å². The fraction of sp³-hybridized carbons (Fsp3) is 0.308. The number of carbonyl (C=O) groups is 1. The molecule has 0 saturated carbocycles. The van der Waals surface area contributed by atoms with Gasteiger partial charge in [0.15, 0.2) is 5.43 Å². The highest BCUT2D eigenvalue weighted by molar-refractivity contribution is 5.99. The van der Waals surface area contributed by atoms with Crippen LogP contribution in [0.1, 0.15) is 48.0 Å². The van der Waals surface area contributed by atoms with Crippen molar-refractivity contribution in [3.63, 3.8) is 0 Å². The molecule has 0 spiro atoms. The summed E-state index contributed by atoms with van der Waals surface area (Å²) in [6.07, 6.45) is 2.33. The van der Waals surface area contributed by atoms with E-state index in [1.165, 1.54) is 12.1 Å². The molecule has 1 aromatic heterocycles. The largest absolute Gasteiger partial charge is 0.490 e. The van der Waals surface area contributed by atoms with E-state index >= 15 is 0 Å². The monoisotopic (exact) mass is 451 g/mol. The second-order valence-electron chi connectivity index (χ2n) is 8.16. The zero-order chi connectivity index (χ0) is 23.5. The molecule has 6 nitrogen and oxygen atoms in total. The Hall–Kier alpha value is -3.45. The van der Waals surface area contributed by atoms with Gasteiger partial charge < -0.3 is 18.8 Å². The van der Waals surface area contributed by atoms with Crippen molar-refractivity contribution in [3.05, 3.63) is 88.0 Å². The molecule has 0 fully saturated rings. The van der Waals surface area contributed by atoms with Crippen molar-refractivity contribution in [3.8, 4) is 5.75 Å². The van der Waals surface area contributed by atoms with E-state index in [1.807, 2.05) is 26.0 Å². The van der Waals surface area contributed by atoms with E-state index in [0.29, 0.717) is 31.9 Å². The summed E-state index contributed by atoms with van der Waals surface area (Å²) < 4.78 is 30.9. The minimum atomic E-state index is -0.649. The number of carbonyl (C=O) groups excluding carboxylic acids is 1. The predicted octanol–water partition coefficient (Wildman–Crippen LogP) is 4.86. The van der Waals surface area contributed by atoms with E-state index in [2.05, 4.69) is 6.58 Å². The Balaban J connectivity index is 1.77. The quantitative estimate of drug-likeness (QED) is 0.343. The molecule has 4 rings (SSSR count). The number of nitrogens with zero attached hydrogens (tertiary/aromatic N) is 1. The van der Waals surface area contributed by atoms with Gasteiger partial charge in [-0.25, -0.2) is 4.39 Å². The second kappa shape index (κ2) is 9.58. The average Bonchev–Trinajstić information content (AvgIpc) is 3.08. The Bertz CT molecular complexity index is 1230. The van der Waals surface area contributed by atoms with Crippen molar-refractivity contribution in [2.45, 2.75) is 32.4 Å². The molecule has 1 atom stereocenters. The highest BCUT2D eigenvalue weighted by atomic mass is 19.1. The molecule has 0 bridgehead atoms. The van der Waals surface area contributed by atoms with Crippen LogP contribution in [0.3, 0.4) is 0 Å². The standard InChI is InChI=1S/C26H26FNO5/c1-4-13-32-19-9-6-17(7-10-19)23-22-24(29)20-15-18(27)8-11-21(20)33-25(22)26(30)28(23)12-5-14-31-16(2)3/h4,6-11,15-16,23H,1,5,12-14H2,2-3H3. The van der Waals surface area contributed by atoms with Gasteiger partial charge in [-0.2, -0.15) is 0 Å². The summed E-state index contributed by atoms with van der Waals surface area (Å²) in [6, 6.07) is 10.3. The lowest BCUT2D eigenvalue weighted by atomic mass is 9.98. The first-order valence-electron chi connectivity index (χ1n) is 10.9. The van der Waals surface area contributed by atoms with E-state index < -0.39 is 17.3 Å². The van der Waals surface area contributed by atoms with Gasteiger partial charge in [-0.15, -0.1) is 0 Å². The molecule has 1 aliphatic heterocycles. The van der Waals surface area contributed by atoms with Crippen LogP contribution in [0.15, 0.2) is 64.3 Å². The van der Waals surface area contributed by atoms with Gasteiger partial charge in [0.25, 0.3) is 5.91 Å². The topological polar surface area (TPSA) is 69.0 Å². The zero-order valence-electron chi connectivity index (χ0n) is 18.7. The summed E-state index contributed by atoms with van der Waals surface area (Å²) in [4.78, 5) is 28.4. The average molecular weight is 451 g/mol. The Morgan fingerprint density at radius 2 is 1.94 bits per heavy atom. The molecular weight excluding hydrogens is 425 g/mol. The molecule has 0 radical (unpaired) electrons. The molecule has 0 saturated heterocycles. The SMILES string of the molecule is C=CCOc1ccc(C2c3c(oc4ccc(F)cc4c3=O)C(=O)N2CCCOC(C)C)cc1. The maximum atomic E-state index is 13.9. The third-order valence-corrected chi connectivity index (χ3v) is 5.49. The fourth-order valence-corrected chi connectivity index (χ4v) is 4.03. The van der Waals surface area contributed by atoms with Gasteiger partial charge in [-0.1, -0.05) is 24.8 Å². The first-order valence-corrected chi connectivity index (χ1v) is 10.9. The van der Waals surface area contributed by atoms with E-state index in [1.54, 1.807) is 23.1 Å². The Morgan fingerprint density at radius 1 is 1.18 bits per heavy atom. The predicted molar refractivity (Wildman–Crippen MR) is 123 cm³/mol. The minimum absolute atomic E-state index is 0.000806. The van der Waals surface area contributed by atoms with Gasteiger partial charge in [-0.3, -0.25) is 9.59 Å². The summed E-state index contributed by atoms with van der Waals surface area (Å²) >= 11 is 0. The number of hydrogen-bond donors (Lipinski definition) is 0. The number of ether oxygens (including phenoxy) is 2. The first-order chi connectivity index (χ1) is 15.9. The molecular formula is C26H26FNO5. The van der Waals surface area contributed by atoms with Crippen LogP contribution in [0.5, 0.6) is 5.75 Å². The van der Waals surface area contributed by atoms with Gasteiger partial charge in [0.2, 0.25) is 5.76 Å². The maximum Gasteiger partial charge on any atom is 0.290 e. The molecule has 1 aliphatic rings. The van der Waals surface area contributed by atoms with E-state index in [-0.39, 0.29) is 34.3 Å². The van der Waals surface area contributed by atoms with Gasteiger partial charge >= 0.3 is 0 Å². The summed E-state index contributed by atoms with van der Waals surface area (Å²) in [5.41, 5.74) is 0.742. The second-order valence-corrected chi connectivity index (χ2v) is 8.16. The van der Waals surface area contributed by atoms with Crippen molar-refractivity contribution >= 4 is 16.9 Å². The van der Waals surface area contributed by atoms with Crippen LogP contribution < -0.4 is 10.2 Å². The Morgan fingerprint density at radius 3 is 2.64 bits per heavy atom. The number of fused-ring (bicyclic) bond motifs is 2. The highest BCUT2D eigenvalue weighted by Gasteiger charge is 2.42. The summed E-state index contributed by atoms with van der Waals surface area (Å²) in [5.74, 6) is -0.259. The first kappa shape index (κ1) is 22.7. The third kappa shape index (κ3) is 4.54. The molecule has 2 heterocycles. The van der Waals surface area contributed by atoms with E-state index in [9.17, 15) is 14.0 Å². The van der Waals surface area contributed by atoms with Gasteiger partial charge in [-0.05, 0) is 56.2 Å². The lowest BCUT2D eigenvalue weighted by Crippen LogP contribution is -2.31. The molecule has 33 heavy (non-hydrogen) atoms. The molecule has 0 N–H and O–H groups in total. The third-order valence-electron chi connectivity index (χ3n) is 5.49. The molecule has 0 aliphatic carbocycles. The van der Waals surface area contributed by atoms with E-state index in [0.717, 1.165) is 11.6 Å². The van der Waals surface area contributed by atoms with Crippen LogP contribution in [-0.2, 0) is 4.74 Å². The lowest BCUT2D eigenvalue weighted by molar-refractivity contribution is 0.0593. The highest BCUT2D eigenvalue weighted by Crippen LogP contribution is 2.38. The lowest BCUT2D eigenvalue weighted by Gasteiger charge is -2.25. The van der Waals surface area contributed by atoms with Crippen LogP contribution in [0.4, 0.5) is 4.39 Å². The molecule has 3 aromatic rings. The molecule has 1 amide bonds. The zero-order valence-corrected chi connectivity index (χ0v) is 18.7. The smallest absolute Gasteiger partial charge is 0.290 e. The summed E-state index contributed by atoms with van der Waals surface area (Å²) in [5, 5.41) is 0.113. The Kier molecular flexibility index (Phi) is 6.60. The number of hydrogen-bond acceptors (Lipinski definition) is 5. The Labute approximate surface area is 191 Å². The van der Waals surface area contributed by atoms with Crippen LogP contribution in [-0.4, -0.2) is 36.7 Å². The molecule has 2 aromatic carbocycles. The maximum absolute atomic E-state index is 13.9. The number of amides is 1. The minimum Gasteiger partial charge on any atom is -0.490 e. The number of halogens is 1.